The molecule has 3 aliphatic rings. The quantitative estimate of drug-likeness (QED) is 0.309. The van der Waals surface area contributed by atoms with Crippen LogP contribution < -0.4 is 4.90 Å². The van der Waals surface area contributed by atoms with Crippen molar-refractivity contribution < 1.29 is 0 Å². The lowest BCUT2D eigenvalue weighted by Gasteiger charge is -2.42. The molecule has 104 valence electrons. The lowest BCUT2D eigenvalue weighted by Crippen LogP contribution is -2.22. The molecule has 0 radical (unpaired) electrons. The molecule has 22 heavy (non-hydrogen) atoms. The Morgan fingerprint density at radius 1 is 0.455 bits per heavy atom. The fourth-order valence-electron chi connectivity index (χ4n) is 3.35. The molecule has 0 N–H and O–H groups in total. The highest BCUT2D eigenvalue weighted by Crippen LogP contribution is 2.66. The highest BCUT2D eigenvalue weighted by molar-refractivity contribution is 8.01. The summed E-state index contributed by atoms with van der Waals surface area (Å²) in [6, 6.07) is 20.0. The van der Waals surface area contributed by atoms with Crippen molar-refractivity contribution in [1.82, 2.24) is 0 Å². The molecule has 0 bridgehead atoms. The Bertz CT molecular complexity index is 792. The van der Waals surface area contributed by atoms with E-state index in [0.717, 1.165) is 0 Å². The predicted octanol–water partition coefficient (Wildman–Crippen LogP) is 6.55. The van der Waals surface area contributed by atoms with Crippen molar-refractivity contribution in [3.05, 3.63) is 54.6 Å². The summed E-state index contributed by atoms with van der Waals surface area (Å²) >= 11 is 5.70. The number of hydrogen-bond acceptors (Lipinski definition) is 4. The topological polar surface area (TPSA) is 3.24 Å². The molecule has 3 aromatic rings. The van der Waals surface area contributed by atoms with Crippen LogP contribution in [-0.2, 0) is 0 Å². The SMILES string of the molecule is c1cc2c3c(c1)Sc1cccc4c1N3c1c(cccc1S4)S2. The summed E-state index contributed by atoms with van der Waals surface area (Å²) in [5.41, 5.74) is 4.12. The summed E-state index contributed by atoms with van der Waals surface area (Å²) in [5.74, 6) is 0. The first-order valence-electron chi connectivity index (χ1n) is 7.13. The van der Waals surface area contributed by atoms with Crippen LogP contribution in [0.15, 0.2) is 84.0 Å². The van der Waals surface area contributed by atoms with Gasteiger partial charge in [0.2, 0.25) is 0 Å². The lowest BCUT2D eigenvalue weighted by atomic mass is 10.1. The number of benzene rings is 3. The van der Waals surface area contributed by atoms with E-state index >= 15 is 0 Å². The highest BCUT2D eigenvalue weighted by Gasteiger charge is 2.38. The molecule has 0 spiro atoms. The molecule has 6 rings (SSSR count). The van der Waals surface area contributed by atoms with Gasteiger partial charge in [-0.15, -0.1) is 0 Å². The van der Waals surface area contributed by atoms with Gasteiger partial charge in [-0.1, -0.05) is 53.5 Å². The summed E-state index contributed by atoms with van der Waals surface area (Å²) in [5, 5.41) is 0. The van der Waals surface area contributed by atoms with Crippen molar-refractivity contribution in [2.75, 3.05) is 4.90 Å². The van der Waals surface area contributed by atoms with Crippen LogP contribution in [0.4, 0.5) is 17.1 Å². The average Bonchev–Trinajstić information content (AvgIpc) is 2.55. The van der Waals surface area contributed by atoms with E-state index in [9.17, 15) is 0 Å². The van der Waals surface area contributed by atoms with Crippen molar-refractivity contribution in [2.45, 2.75) is 29.4 Å². The number of nitrogens with zero attached hydrogens (tertiary/aromatic N) is 1. The Hall–Kier alpha value is -1.49. The van der Waals surface area contributed by atoms with E-state index in [4.69, 9.17) is 0 Å². The fraction of sp³-hybridized carbons (Fsp3) is 0. The molecule has 1 nitrogen and oxygen atoms in total. The standard InChI is InChI=1S/C18H9NS3/c1-4-10-16-11(5-1)21-13-7-3-9-15-18(13)19(16)17-12(20-10)6-2-8-14(17)22-15/h1-9H. The average molecular weight is 335 g/mol. The van der Waals surface area contributed by atoms with Crippen LogP contribution in [-0.4, -0.2) is 0 Å². The van der Waals surface area contributed by atoms with Crippen molar-refractivity contribution >= 4 is 52.3 Å². The molecular formula is C18H9NS3. The van der Waals surface area contributed by atoms with Crippen molar-refractivity contribution in [1.29, 1.82) is 0 Å². The van der Waals surface area contributed by atoms with Crippen molar-refractivity contribution in [3.63, 3.8) is 0 Å². The Morgan fingerprint density at radius 3 is 1.00 bits per heavy atom. The minimum atomic E-state index is 1.36. The highest BCUT2D eigenvalue weighted by atomic mass is 32.2. The first-order valence-corrected chi connectivity index (χ1v) is 9.58. The summed E-state index contributed by atoms with van der Waals surface area (Å²) in [6.45, 7) is 0. The van der Waals surface area contributed by atoms with E-state index in [2.05, 4.69) is 59.5 Å². The van der Waals surface area contributed by atoms with Gasteiger partial charge in [-0.05, 0) is 36.4 Å². The predicted molar refractivity (Wildman–Crippen MR) is 93.5 cm³/mol. The molecule has 3 heterocycles. The largest absolute Gasteiger partial charge is 0.304 e. The lowest BCUT2D eigenvalue weighted by molar-refractivity contribution is 1.02. The zero-order chi connectivity index (χ0) is 14.3. The van der Waals surface area contributed by atoms with Gasteiger partial charge in [-0.25, -0.2) is 0 Å². The Balaban J connectivity index is 1.80. The fourth-order valence-corrected chi connectivity index (χ4v) is 6.92. The molecule has 0 fully saturated rings. The van der Waals surface area contributed by atoms with E-state index in [0.29, 0.717) is 0 Å². The van der Waals surface area contributed by atoms with Gasteiger partial charge >= 0.3 is 0 Å². The Kier molecular flexibility index (Phi) is 2.22. The van der Waals surface area contributed by atoms with E-state index in [-0.39, 0.29) is 0 Å². The van der Waals surface area contributed by atoms with E-state index < -0.39 is 0 Å². The van der Waals surface area contributed by atoms with Gasteiger partial charge in [0.05, 0.1) is 17.1 Å². The molecule has 0 aliphatic carbocycles. The third kappa shape index (κ3) is 1.36. The maximum atomic E-state index is 2.50. The van der Waals surface area contributed by atoms with Gasteiger partial charge in [0.1, 0.15) is 0 Å². The van der Waals surface area contributed by atoms with Crippen LogP contribution in [0.25, 0.3) is 0 Å². The molecule has 0 unspecified atom stereocenters. The minimum Gasteiger partial charge on any atom is -0.304 e. The van der Waals surface area contributed by atoms with Gasteiger partial charge in [0.15, 0.2) is 0 Å². The first kappa shape index (κ1) is 12.0. The third-order valence-corrected chi connectivity index (χ3v) is 7.51. The molecule has 0 amide bonds. The van der Waals surface area contributed by atoms with E-state index in [1.165, 1.54) is 46.4 Å². The van der Waals surface area contributed by atoms with Crippen LogP contribution in [0.2, 0.25) is 0 Å². The Morgan fingerprint density at radius 2 is 0.727 bits per heavy atom. The number of para-hydroxylation sites is 3. The molecule has 3 aromatic carbocycles. The maximum absolute atomic E-state index is 2.50. The normalized spacial score (nSPS) is 15.5. The van der Waals surface area contributed by atoms with Crippen LogP contribution in [0.1, 0.15) is 0 Å². The number of rotatable bonds is 0. The smallest absolute Gasteiger partial charge is 0.0742 e. The second-order valence-corrected chi connectivity index (χ2v) is 8.70. The Labute approximate surface area is 141 Å². The zero-order valence-electron chi connectivity index (χ0n) is 11.4. The monoisotopic (exact) mass is 335 g/mol. The number of hydrogen-bond donors (Lipinski definition) is 0. The zero-order valence-corrected chi connectivity index (χ0v) is 13.8. The first-order chi connectivity index (χ1) is 10.9. The van der Waals surface area contributed by atoms with Crippen LogP contribution in [0.3, 0.4) is 0 Å². The molecule has 0 saturated heterocycles. The minimum absolute atomic E-state index is 1.36. The molecule has 0 saturated carbocycles. The van der Waals surface area contributed by atoms with Crippen molar-refractivity contribution in [2.24, 2.45) is 0 Å². The second kappa shape index (κ2) is 4.07. The molecule has 3 aliphatic heterocycles. The summed E-state index contributed by atoms with van der Waals surface area (Å²) in [4.78, 5) is 10.7. The summed E-state index contributed by atoms with van der Waals surface area (Å²) in [7, 11) is 0. The molecular weight excluding hydrogens is 326 g/mol. The third-order valence-electron chi connectivity index (χ3n) is 4.22. The summed E-state index contributed by atoms with van der Waals surface area (Å²) < 4.78 is 0. The molecule has 4 heteroatoms. The van der Waals surface area contributed by atoms with Gasteiger partial charge in [0, 0.05) is 29.4 Å². The summed E-state index contributed by atoms with van der Waals surface area (Å²) in [6.07, 6.45) is 0. The number of anilines is 3. The van der Waals surface area contributed by atoms with Gasteiger partial charge < -0.3 is 4.90 Å². The van der Waals surface area contributed by atoms with Crippen molar-refractivity contribution in [3.8, 4) is 0 Å². The van der Waals surface area contributed by atoms with Gasteiger partial charge in [-0.3, -0.25) is 0 Å². The van der Waals surface area contributed by atoms with Gasteiger partial charge in [-0.2, -0.15) is 0 Å². The second-order valence-electron chi connectivity index (χ2n) is 5.45. The molecule has 0 aromatic heterocycles. The van der Waals surface area contributed by atoms with E-state index in [1.807, 2.05) is 35.3 Å². The van der Waals surface area contributed by atoms with Crippen LogP contribution >= 0.6 is 35.3 Å². The molecule has 0 atom stereocenters. The maximum Gasteiger partial charge on any atom is 0.0742 e. The van der Waals surface area contributed by atoms with Crippen LogP contribution in [0, 0.1) is 0 Å². The van der Waals surface area contributed by atoms with E-state index in [1.54, 1.807) is 0 Å². The van der Waals surface area contributed by atoms with Gasteiger partial charge in [0.25, 0.3) is 0 Å². The van der Waals surface area contributed by atoms with Crippen LogP contribution in [0.5, 0.6) is 0 Å².